The van der Waals surface area contributed by atoms with Crippen LogP contribution >= 0.6 is 12.6 Å². The summed E-state index contributed by atoms with van der Waals surface area (Å²) < 4.78 is 0. The van der Waals surface area contributed by atoms with Gasteiger partial charge in [-0.15, -0.1) is 12.6 Å². The highest BCUT2D eigenvalue weighted by Crippen LogP contribution is 2.23. The van der Waals surface area contributed by atoms with Crippen LogP contribution in [-0.4, -0.2) is 0 Å². The summed E-state index contributed by atoms with van der Waals surface area (Å²) in [5.41, 5.74) is 7.53. The van der Waals surface area contributed by atoms with Crippen LogP contribution in [-0.2, 0) is 6.42 Å². The van der Waals surface area contributed by atoms with E-state index in [4.69, 9.17) is 12.6 Å². The van der Waals surface area contributed by atoms with E-state index in [9.17, 15) is 0 Å². The van der Waals surface area contributed by atoms with Crippen LogP contribution in [0.5, 0.6) is 0 Å². The summed E-state index contributed by atoms with van der Waals surface area (Å²) in [6.07, 6.45) is 7.58. The van der Waals surface area contributed by atoms with Crippen molar-refractivity contribution in [2.75, 3.05) is 0 Å². The van der Waals surface area contributed by atoms with Crippen molar-refractivity contribution in [1.82, 2.24) is 0 Å². The number of benzene rings is 3. The third-order valence-electron chi connectivity index (χ3n) is 5.29. The number of aryl methyl sites for hydroxylation is 1. The summed E-state index contributed by atoms with van der Waals surface area (Å²) in [4.78, 5) is 1.02. The van der Waals surface area contributed by atoms with Gasteiger partial charge in [-0.2, -0.15) is 0 Å². The minimum Gasteiger partial charge on any atom is -0.143 e. The number of thiol groups is 1. The van der Waals surface area contributed by atoms with Crippen LogP contribution in [0.1, 0.15) is 25.0 Å². The molecule has 0 amide bonds. The Kier molecular flexibility index (Phi) is 5.36. The van der Waals surface area contributed by atoms with Crippen molar-refractivity contribution in [2.45, 2.75) is 20.3 Å². The summed E-state index contributed by atoms with van der Waals surface area (Å²) in [6, 6.07) is 25.8. The molecule has 0 nitrogen and oxygen atoms in total. The van der Waals surface area contributed by atoms with Gasteiger partial charge in [-0.25, -0.2) is 0 Å². The second-order valence-electron chi connectivity index (χ2n) is 7.14. The Balaban J connectivity index is 2.04. The summed E-state index contributed by atoms with van der Waals surface area (Å²) >= 11 is 4.89. The number of fused-ring (bicyclic) bond motifs is 1. The topological polar surface area (TPSA) is 0 Å². The first-order chi connectivity index (χ1) is 13.7. The fraction of sp³-hybridized carbons (Fsp3) is 0.111. The Morgan fingerprint density at radius 1 is 0.750 bits per heavy atom. The highest BCUT2D eigenvalue weighted by atomic mass is 32.1. The van der Waals surface area contributed by atoms with Gasteiger partial charge in [0.15, 0.2) is 0 Å². The van der Waals surface area contributed by atoms with E-state index in [1.165, 1.54) is 43.8 Å². The molecule has 138 valence electrons. The van der Waals surface area contributed by atoms with Gasteiger partial charge < -0.3 is 0 Å². The van der Waals surface area contributed by atoms with Crippen molar-refractivity contribution in [1.29, 1.82) is 0 Å². The quantitative estimate of drug-likeness (QED) is 0.547. The molecular formula is C27H24S. The first kappa shape index (κ1) is 18.6. The van der Waals surface area contributed by atoms with Crippen molar-refractivity contribution < 1.29 is 0 Å². The minimum absolute atomic E-state index is 0.976. The number of hydrogen-bond donors (Lipinski definition) is 1. The summed E-state index contributed by atoms with van der Waals surface area (Å²) in [5, 5.41) is 2.52. The van der Waals surface area contributed by atoms with Gasteiger partial charge in [0.25, 0.3) is 0 Å². The molecule has 1 aliphatic rings. The zero-order valence-electron chi connectivity index (χ0n) is 16.3. The summed E-state index contributed by atoms with van der Waals surface area (Å²) in [6.45, 7) is 4.42. The van der Waals surface area contributed by atoms with E-state index in [-0.39, 0.29) is 0 Å². The molecule has 0 saturated carbocycles. The molecule has 0 saturated heterocycles. The molecule has 0 aliphatic heterocycles. The van der Waals surface area contributed by atoms with Crippen molar-refractivity contribution in [2.24, 2.45) is 0 Å². The number of hydrogen-bond acceptors (Lipinski definition) is 1. The first-order valence-electron chi connectivity index (χ1n) is 9.75. The molecule has 0 bridgehead atoms. The monoisotopic (exact) mass is 380 g/mol. The number of rotatable bonds is 3. The normalized spacial score (nSPS) is 20.5. The molecule has 0 fully saturated rings. The van der Waals surface area contributed by atoms with Crippen LogP contribution in [0.2, 0.25) is 0 Å². The first-order valence-corrected chi connectivity index (χ1v) is 10.2. The predicted molar refractivity (Wildman–Crippen MR) is 126 cm³/mol. The molecule has 4 rings (SSSR count). The van der Waals surface area contributed by atoms with Crippen molar-refractivity contribution in [3.63, 3.8) is 0 Å². The van der Waals surface area contributed by atoms with Gasteiger partial charge in [-0.05, 0) is 69.3 Å². The molecule has 0 spiro atoms. The third-order valence-corrected chi connectivity index (χ3v) is 5.66. The smallest absolute Gasteiger partial charge is 0.0122 e. The second kappa shape index (κ2) is 8.08. The Bertz CT molecular complexity index is 1180. The lowest BCUT2D eigenvalue weighted by Gasteiger charge is -2.12. The van der Waals surface area contributed by atoms with Gasteiger partial charge in [-0.1, -0.05) is 85.8 Å². The third kappa shape index (κ3) is 3.63. The van der Waals surface area contributed by atoms with Crippen LogP contribution in [0.15, 0.2) is 91.0 Å². The van der Waals surface area contributed by atoms with E-state index in [0.717, 1.165) is 11.3 Å². The molecule has 3 aromatic rings. The van der Waals surface area contributed by atoms with E-state index in [0.29, 0.717) is 0 Å². The molecular weight excluding hydrogens is 356 g/mol. The number of allylic oxidation sites excluding steroid dienone is 3. The van der Waals surface area contributed by atoms with Crippen LogP contribution < -0.4 is 10.4 Å². The van der Waals surface area contributed by atoms with Gasteiger partial charge in [-0.3, -0.25) is 0 Å². The molecule has 0 heterocycles. The molecule has 0 atom stereocenters. The van der Waals surface area contributed by atoms with Crippen LogP contribution in [0.4, 0.5) is 0 Å². The second-order valence-corrected chi connectivity index (χ2v) is 7.63. The van der Waals surface area contributed by atoms with Crippen molar-refractivity contribution >= 4 is 28.7 Å². The van der Waals surface area contributed by atoms with Gasteiger partial charge in [0.05, 0.1) is 0 Å². The van der Waals surface area contributed by atoms with E-state index >= 15 is 0 Å². The molecule has 0 N–H and O–H groups in total. The van der Waals surface area contributed by atoms with Crippen molar-refractivity contribution in [3.8, 4) is 11.1 Å². The largest absolute Gasteiger partial charge is 0.143 e. The average molecular weight is 381 g/mol. The highest BCUT2D eigenvalue weighted by molar-refractivity contribution is 7.90. The molecule has 1 heteroatoms. The lowest BCUT2D eigenvalue weighted by Crippen LogP contribution is -2.32. The molecule has 28 heavy (non-hydrogen) atoms. The lowest BCUT2D eigenvalue weighted by atomic mass is 9.94. The van der Waals surface area contributed by atoms with Crippen LogP contribution in [0.25, 0.3) is 27.2 Å². The van der Waals surface area contributed by atoms with Gasteiger partial charge in [0.2, 0.25) is 0 Å². The van der Waals surface area contributed by atoms with Gasteiger partial charge in [0, 0.05) is 4.91 Å². The van der Waals surface area contributed by atoms with E-state index in [2.05, 4.69) is 105 Å². The fourth-order valence-corrected chi connectivity index (χ4v) is 4.15. The highest BCUT2D eigenvalue weighted by Gasteiger charge is 2.08. The molecule has 0 aromatic heterocycles. The average Bonchev–Trinajstić information content (AvgIpc) is 2.75. The van der Waals surface area contributed by atoms with Crippen molar-refractivity contribution in [3.05, 3.63) is 113 Å². The maximum Gasteiger partial charge on any atom is 0.0122 e. The summed E-state index contributed by atoms with van der Waals surface area (Å²) in [7, 11) is 0. The predicted octanol–water partition coefficient (Wildman–Crippen LogP) is 5.78. The van der Waals surface area contributed by atoms with Gasteiger partial charge >= 0.3 is 0 Å². The maximum atomic E-state index is 4.89. The van der Waals surface area contributed by atoms with E-state index < -0.39 is 0 Å². The Morgan fingerprint density at radius 2 is 1.39 bits per heavy atom. The Hall–Kier alpha value is -2.77. The summed E-state index contributed by atoms with van der Waals surface area (Å²) in [5.74, 6) is 0. The lowest BCUT2D eigenvalue weighted by molar-refractivity contribution is 1.11. The Morgan fingerprint density at radius 3 is 2.04 bits per heavy atom. The minimum atomic E-state index is 0.976. The van der Waals surface area contributed by atoms with Gasteiger partial charge in [0.1, 0.15) is 0 Å². The van der Waals surface area contributed by atoms with E-state index in [1.807, 2.05) is 0 Å². The maximum absolute atomic E-state index is 4.89. The SMILES string of the molecule is CCc1cc(-c2ccccc2)cc2/c1=C(S)/C=C\C(c1ccccc1)=C/C=2C. The molecule has 0 unspecified atom stereocenters. The molecule has 1 aliphatic carbocycles. The zero-order valence-corrected chi connectivity index (χ0v) is 17.2. The Labute approximate surface area is 172 Å². The molecule has 0 radical (unpaired) electrons. The van der Waals surface area contributed by atoms with Crippen LogP contribution in [0.3, 0.4) is 0 Å². The fourth-order valence-electron chi connectivity index (χ4n) is 3.81. The molecule has 3 aromatic carbocycles. The standard InChI is InChI=1S/C27H24S/c1-3-20-17-24(22-12-8-5-9-13-22)18-25-19(2)16-23(14-15-26(28)27(20)25)21-10-6-4-7-11-21/h4-18,28H,3H2,1-2H3/b15-14-,19-16?,23-14?,23-16+,25-19+,26-15?,27-26-. The van der Waals surface area contributed by atoms with Crippen LogP contribution in [0, 0.1) is 0 Å². The zero-order chi connectivity index (χ0) is 19.5. The van der Waals surface area contributed by atoms with E-state index in [1.54, 1.807) is 0 Å².